The molecule has 1 rings (SSSR count). The van der Waals surface area contributed by atoms with Crippen LogP contribution in [-0.4, -0.2) is 72.7 Å². The van der Waals surface area contributed by atoms with E-state index in [1.165, 1.54) is 0 Å². The maximum absolute atomic E-state index is 11.3. The predicted octanol–water partition coefficient (Wildman–Crippen LogP) is 0.648. The fraction of sp³-hybridized carbons (Fsp3) is 0.786. The number of ether oxygens (including phenoxy) is 2. The van der Waals surface area contributed by atoms with Gasteiger partial charge in [0.1, 0.15) is 0 Å². The zero-order valence-electron chi connectivity index (χ0n) is 13.8. The summed E-state index contributed by atoms with van der Waals surface area (Å²) in [6.07, 6.45) is 2.17. The van der Waals surface area contributed by atoms with E-state index in [-0.39, 0.29) is 5.97 Å². The SMILES string of the molecule is CCOC(=O)CCNC(=S)N1CCCN1C(=S)NCCCOC. The van der Waals surface area contributed by atoms with Gasteiger partial charge in [-0.3, -0.25) is 14.8 Å². The molecule has 0 unspecified atom stereocenters. The highest BCUT2D eigenvalue weighted by Crippen LogP contribution is 2.11. The number of hydrogen-bond acceptors (Lipinski definition) is 5. The molecule has 0 atom stereocenters. The van der Waals surface area contributed by atoms with Gasteiger partial charge in [0.05, 0.1) is 13.0 Å². The van der Waals surface area contributed by atoms with Gasteiger partial charge in [-0.1, -0.05) is 0 Å². The first-order valence-corrected chi connectivity index (χ1v) is 8.67. The molecule has 0 bridgehead atoms. The zero-order chi connectivity index (χ0) is 17.1. The summed E-state index contributed by atoms with van der Waals surface area (Å²) in [5.74, 6) is -0.226. The van der Waals surface area contributed by atoms with E-state index >= 15 is 0 Å². The van der Waals surface area contributed by atoms with Crippen molar-refractivity contribution in [1.29, 1.82) is 0 Å². The second kappa shape index (κ2) is 11.4. The second-order valence-electron chi connectivity index (χ2n) is 4.97. The molecule has 2 N–H and O–H groups in total. The van der Waals surface area contributed by atoms with Gasteiger partial charge < -0.3 is 20.1 Å². The van der Waals surface area contributed by atoms with Crippen molar-refractivity contribution in [2.24, 2.45) is 0 Å². The molecule has 9 heteroatoms. The number of rotatable bonds is 8. The quantitative estimate of drug-likeness (QED) is 0.368. The first kappa shape index (κ1) is 19.9. The van der Waals surface area contributed by atoms with Crippen molar-refractivity contribution in [2.75, 3.05) is 46.5 Å². The molecule has 1 aliphatic heterocycles. The van der Waals surface area contributed by atoms with E-state index in [0.717, 1.165) is 32.5 Å². The molecule has 0 aromatic heterocycles. The average molecular weight is 363 g/mol. The summed E-state index contributed by atoms with van der Waals surface area (Å²) in [5.41, 5.74) is 0. The van der Waals surface area contributed by atoms with Crippen molar-refractivity contribution in [3.63, 3.8) is 0 Å². The third-order valence-electron chi connectivity index (χ3n) is 3.21. The summed E-state index contributed by atoms with van der Waals surface area (Å²) >= 11 is 10.8. The van der Waals surface area contributed by atoms with Crippen molar-refractivity contribution >= 4 is 40.6 Å². The lowest BCUT2D eigenvalue weighted by molar-refractivity contribution is -0.142. The van der Waals surface area contributed by atoms with E-state index in [1.807, 2.05) is 10.0 Å². The Morgan fingerprint density at radius 1 is 1.13 bits per heavy atom. The zero-order valence-corrected chi connectivity index (χ0v) is 15.4. The Morgan fingerprint density at radius 3 is 2.30 bits per heavy atom. The Morgan fingerprint density at radius 2 is 1.74 bits per heavy atom. The molecule has 0 saturated carbocycles. The number of esters is 1. The topological polar surface area (TPSA) is 66.1 Å². The number of hydrazine groups is 1. The minimum atomic E-state index is -0.226. The number of methoxy groups -OCH3 is 1. The summed E-state index contributed by atoms with van der Waals surface area (Å²) in [7, 11) is 1.68. The van der Waals surface area contributed by atoms with Crippen molar-refractivity contribution in [3.05, 3.63) is 0 Å². The van der Waals surface area contributed by atoms with Crippen LogP contribution in [0.1, 0.15) is 26.2 Å². The number of thiocarbonyl (C=S) groups is 2. The van der Waals surface area contributed by atoms with E-state index in [4.69, 9.17) is 33.9 Å². The standard InChI is InChI=1S/C14H26N4O3S2/c1-3-21-12(19)6-8-16-14(23)18-10-5-9-17(18)13(22)15-7-4-11-20-2/h3-11H2,1-2H3,(H,15,22)(H,16,23). The molecular formula is C14H26N4O3S2. The Bertz CT molecular complexity index is 409. The lowest BCUT2D eigenvalue weighted by atomic mass is 10.4. The van der Waals surface area contributed by atoms with Crippen LogP contribution in [0.25, 0.3) is 0 Å². The lowest BCUT2D eigenvalue weighted by Crippen LogP contribution is -2.52. The number of nitrogens with zero attached hydrogens (tertiary/aromatic N) is 2. The van der Waals surface area contributed by atoms with Gasteiger partial charge in [0.15, 0.2) is 10.2 Å². The normalized spacial score (nSPS) is 13.8. The molecule has 0 aromatic rings. The third-order valence-corrected chi connectivity index (χ3v) is 3.92. The van der Waals surface area contributed by atoms with Crippen molar-refractivity contribution in [3.8, 4) is 0 Å². The van der Waals surface area contributed by atoms with Crippen LogP contribution in [0.2, 0.25) is 0 Å². The third kappa shape index (κ3) is 7.28. The largest absolute Gasteiger partial charge is 0.466 e. The molecule has 1 aliphatic rings. The molecule has 0 radical (unpaired) electrons. The maximum atomic E-state index is 11.3. The van der Waals surface area contributed by atoms with Gasteiger partial charge >= 0.3 is 5.97 Å². The van der Waals surface area contributed by atoms with Crippen LogP contribution in [0.4, 0.5) is 0 Å². The molecule has 1 saturated heterocycles. The Labute approximate surface area is 148 Å². The van der Waals surface area contributed by atoms with Crippen molar-refractivity contribution < 1.29 is 14.3 Å². The molecule has 0 spiro atoms. The van der Waals surface area contributed by atoms with Crippen LogP contribution in [0.3, 0.4) is 0 Å². The number of hydrogen-bond donors (Lipinski definition) is 2. The first-order valence-electron chi connectivity index (χ1n) is 7.85. The van der Waals surface area contributed by atoms with E-state index in [1.54, 1.807) is 14.0 Å². The van der Waals surface area contributed by atoms with Gasteiger partial charge in [-0.15, -0.1) is 0 Å². The molecule has 1 heterocycles. The second-order valence-corrected chi connectivity index (χ2v) is 5.74. The lowest BCUT2D eigenvalue weighted by Gasteiger charge is -2.32. The van der Waals surface area contributed by atoms with Gasteiger partial charge in [-0.2, -0.15) is 0 Å². The maximum Gasteiger partial charge on any atom is 0.307 e. The van der Waals surface area contributed by atoms with Crippen LogP contribution < -0.4 is 10.6 Å². The van der Waals surface area contributed by atoms with Gasteiger partial charge in [-0.05, 0) is 44.2 Å². The first-order chi connectivity index (χ1) is 11.1. The molecule has 1 fully saturated rings. The summed E-state index contributed by atoms with van der Waals surface area (Å²) < 4.78 is 9.90. The van der Waals surface area contributed by atoms with E-state index in [0.29, 0.717) is 36.4 Å². The highest BCUT2D eigenvalue weighted by atomic mass is 32.1. The molecule has 0 amide bonds. The van der Waals surface area contributed by atoms with E-state index in [9.17, 15) is 4.79 Å². The van der Waals surface area contributed by atoms with Crippen LogP contribution in [0, 0.1) is 0 Å². The minimum Gasteiger partial charge on any atom is -0.466 e. The summed E-state index contributed by atoms with van der Waals surface area (Å²) in [4.78, 5) is 11.3. The molecule has 0 aromatic carbocycles. The average Bonchev–Trinajstić information content (AvgIpc) is 3.01. The van der Waals surface area contributed by atoms with Gasteiger partial charge in [0.2, 0.25) is 0 Å². The van der Waals surface area contributed by atoms with Crippen LogP contribution in [0.15, 0.2) is 0 Å². The minimum absolute atomic E-state index is 0.226. The summed E-state index contributed by atoms with van der Waals surface area (Å²) in [5, 5.41) is 11.4. The van der Waals surface area contributed by atoms with Crippen LogP contribution in [0.5, 0.6) is 0 Å². The fourth-order valence-electron chi connectivity index (χ4n) is 2.13. The van der Waals surface area contributed by atoms with Crippen LogP contribution >= 0.6 is 24.4 Å². The van der Waals surface area contributed by atoms with Gasteiger partial charge in [-0.25, -0.2) is 0 Å². The van der Waals surface area contributed by atoms with Crippen molar-refractivity contribution in [2.45, 2.75) is 26.2 Å². The highest BCUT2D eigenvalue weighted by Gasteiger charge is 2.26. The van der Waals surface area contributed by atoms with Gasteiger partial charge in [0, 0.05) is 39.9 Å². The van der Waals surface area contributed by atoms with E-state index in [2.05, 4.69) is 10.6 Å². The Balaban J connectivity index is 2.34. The molecule has 132 valence electrons. The summed E-state index contributed by atoms with van der Waals surface area (Å²) in [6, 6.07) is 0. The molecular weight excluding hydrogens is 336 g/mol. The Kier molecular flexibility index (Phi) is 9.81. The van der Waals surface area contributed by atoms with Gasteiger partial charge in [0.25, 0.3) is 0 Å². The number of nitrogens with one attached hydrogen (secondary N) is 2. The van der Waals surface area contributed by atoms with Crippen LogP contribution in [-0.2, 0) is 14.3 Å². The molecule has 0 aliphatic carbocycles. The number of carbonyl (C=O) groups excluding carboxylic acids is 1. The highest BCUT2D eigenvalue weighted by molar-refractivity contribution is 7.80. The molecule has 23 heavy (non-hydrogen) atoms. The molecule has 7 nitrogen and oxygen atoms in total. The Hall–Kier alpha value is -1.19. The smallest absolute Gasteiger partial charge is 0.307 e. The summed E-state index contributed by atoms with van der Waals surface area (Å²) in [6.45, 7) is 5.75. The van der Waals surface area contributed by atoms with E-state index < -0.39 is 0 Å². The number of carbonyl (C=O) groups is 1. The predicted molar refractivity (Wildman–Crippen MR) is 97.0 cm³/mol. The monoisotopic (exact) mass is 362 g/mol. The van der Waals surface area contributed by atoms with Crippen molar-refractivity contribution in [1.82, 2.24) is 20.7 Å². The fourth-order valence-corrected chi connectivity index (χ4v) is 2.72.